The summed E-state index contributed by atoms with van der Waals surface area (Å²) in [7, 11) is 3.20. The van der Waals surface area contributed by atoms with Crippen LogP contribution in [0.3, 0.4) is 0 Å². The first kappa shape index (κ1) is 15.1. The Hall–Kier alpha value is -1.34. The molecule has 1 aliphatic heterocycles. The maximum atomic E-state index is 12.3. The molecule has 1 heterocycles. The van der Waals surface area contributed by atoms with Crippen molar-refractivity contribution < 1.29 is 24.5 Å². The van der Waals surface area contributed by atoms with Crippen LogP contribution in [0.1, 0.15) is 19.3 Å². The lowest BCUT2D eigenvalue weighted by atomic mass is 9.82. The molecule has 1 saturated heterocycles. The van der Waals surface area contributed by atoms with Gasteiger partial charge in [0.25, 0.3) is 0 Å². The molecule has 2 aliphatic rings. The van der Waals surface area contributed by atoms with E-state index in [1.165, 1.54) is 12.0 Å². The van der Waals surface area contributed by atoms with Crippen molar-refractivity contribution in [1.82, 2.24) is 9.80 Å². The Labute approximate surface area is 118 Å². The largest absolute Gasteiger partial charge is 0.480 e. The number of carboxylic acid groups (broad SMARTS) is 1. The van der Waals surface area contributed by atoms with Crippen LogP contribution in [-0.4, -0.2) is 77.5 Å². The molecule has 2 amide bonds. The average Bonchev–Trinajstić information content (AvgIpc) is 2.80. The van der Waals surface area contributed by atoms with E-state index in [2.05, 4.69) is 0 Å². The summed E-state index contributed by atoms with van der Waals surface area (Å²) in [5, 5.41) is 18.5. The van der Waals surface area contributed by atoms with Crippen LogP contribution in [0.25, 0.3) is 0 Å². The highest BCUT2D eigenvalue weighted by atomic mass is 16.5. The van der Waals surface area contributed by atoms with Crippen LogP contribution in [0.4, 0.5) is 4.79 Å². The topological polar surface area (TPSA) is 90.3 Å². The number of carbonyl (C=O) groups is 2. The van der Waals surface area contributed by atoms with Gasteiger partial charge < -0.3 is 24.7 Å². The number of urea groups is 1. The number of amides is 2. The lowest BCUT2D eigenvalue weighted by Gasteiger charge is -2.36. The van der Waals surface area contributed by atoms with Gasteiger partial charge in [0.15, 0.2) is 0 Å². The zero-order valence-corrected chi connectivity index (χ0v) is 11.9. The third kappa shape index (κ3) is 3.04. The average molecular weight is 286 g/mol. The molecule has 0 spiro atoms. The van der Waals surface area contributed by atoms with E-state index in [1.807, 2.05) is 0 Å². The van der Waals surface area contributed by atoms with E-state index in [4.69, 9.17) is 4.74 Å². The molecule has 1 saturated carbocycles. The van der Waals surface area contributed by atoms with Crippen LogP contribution >= 0.6 is 0 Å². The van der Waals surface area contributed by atoms with Gasteiger partial charge in [0.05, 0.1) is 12.2 Å². The summed E-state index contributed by atoms with van der Waals surface area (Å²) < 4.78 is 5.17. The third-order valence-electron chi connectivity index (χ3n) is 4.20. The summed E-state index contributed by atoms with van der Waals surface area (Å²) in [6.07, 6.45) is 1.27. The second-order valence-corrected chi connectivity index (χ2v) is 5.75. The first-order valence-electron chi connectivity index (χ1n) is 6.87. The van der Waals surface area contributed by atoms with Gasteiger partial charge in [-0.2, -0.15) is 0 Å². The number of methoxy groups -OCH3 is 1. The quantitative estimate of drug-likeness (QED) is 0.758. The first-order chi connectivity index (χ1) is 9.42. The number of carboxylic acids is 1. The minimum atomic E-state index is -0.995. The van der Waals surface area contributed by atoms with Crippen LogP contribution in [-0.2, 0) is 9.53 Å². The fraction of sp³-hybridized carbons (Fsp3) is 0.846. The zero-order chi connectivity index (χ0) is 14.9. The van der Waals surface area contributed by atoms with Crippen molar-refractivity contribution >= 4 is 12.0 Å². The second kappa shape index (κ2) is 5.97. The van der Waals surface area contributed by atoms with Crippen molar-refractivity contribution in [3.63, 3.8) is 0 Å². The number of aliphatic hydroxyl groups excluding tert-OH is 1. The highest BCUT2D eigenvalue weighted by Gasteiger charge is 2.41. The zero-order valence-electron chi connectivity index (χ0n) is 11.9. The fourth-order valence-electron chi connectivity index (χ4n) is 2.95. The number of hydrogen-bond acceptors (Lipinski definition) is 4. The molecule has 0 radical (unpaired) electrons. The smallest absolute Gasteiger partial charge is 0.326 e. The van der Waals surface area contributed by atoms with Gasteiger partial charge in [0.2, 0.25) is 0 Å². The predicted molar refractivity (Wildman–Crippen MR) is 70.3 cm³/mol. The molecule has 2 atom stereocenters. The number of likely N-dealkylation sites (tertiary alicyclic amines) is 1. The molecule has 0 aromatic heterocycles. The fourth-order valence-corrected chi connectivity index (χ4v) is 2.95. The van der Waals surface area contributed by atoms with E-state index in [1.54, 1.807) is 11.9 Å². The van der Waals surface area contributed by atoms with Crippen molar-refractivity contribution in [1.29, 1.82) is 0 Å². The van der Waals surface area contributed by atoms with Crippen molar-refractivity contribution in [2.24, 2.45) is 5.92 Å². The number of carbonyl (C=O) groups excluding carboxylic acids is 1. The van der Waals surface area contributed by atoms with Crippen LogP contribution in [0, 0.1) is 5.92 Å². The molecule has 0 aromatic carbocycles. The maximum absolute atomic E-state index is 12.3. The van der Waals surface area contributed by atoms with Gasteiger partial charge in [-0.15, -0.1) is 0 Å². The molecule has 20 heavy (non-hydrogen) atoms. The summed E-state index contributed by atoms with van der Waals surface area (Å²) >= 11 is 0. The summed E-state index contributed by atoms with van der Waals surface area (Å²) in [5.74, 6) is -0.687. The van der Waals surface area contributed by atoms with Gasteiger partial charge in [-0.05, 0) is 18.8 Å². The highest BCUT2D eigenvalue weighted by molar-refractivity contribution is 5.83. The van der Waals surface area contributed by atoms with Gasteiger partial charge in [-0.25, -0.2) is 9.59 Å². The number of rotatable bonds is 4. The molecular formula is C13H22N2O5. The van der Waals surface area contributed by atoms with E-state index in [0.29, 0.717) is 38.3 Å². The second-order valence-electron chi connectivity index (χ2n) is 5.75. The lowest BCUT2D eigenvalue weighted by Crippen LogP contribution is -2.49. The number of hydrogen-bond donors (Lipinski definition) is 2. The SMILES string of the molecule is COC1CC(C(=O)O)N(C(=O)N(C)CC2CC(O)C2)C1. The highest BCUT2D eigenvalue weighted by Crippen LogP contribution is 2.28. The summed E-state index contributed by atoms with van der Waals surface area (Å²) in [5.41, 5.74) is 0. The van der Waals surface area contributed by atoms with E-state index in [0.717, 1.165) is 0 Å². The summed E-state index contributed by atoms with van der Waals surface area (Å²) in [6, 6.07) is -1.10. The standard InChI is InChI=1S/C13H22N2O5/c1-14(6-8-3-9(16)4-8)13(19)15-7-10(20-2)5-11(15)12(17)18/h8-11,16H,3-7H2,1-2H3,(H,17,18). The van der Waals surface area contributed by atoms with Crippen molar-refractivity contribution in [2.75, 3.05) is 27.2 Å². The number of aliphatic carboxylic acids is 1. The number of nitrogens with zero attached hydrogens (tertiary/aromatic N) is 2. The normalized spacial score (nSPS) is 32.9. The molecule has 7 heteroatoms. The van der Waals surface area contributed by atoms with Gasteiger partial charge in [-0.3, -0.25) is 0 Å². The van der Waals surface area contributed by atoms with Crippen LogP contribution in [0.2, 0.25) is 0 Å². The predicted octanol–water partition coefficient (Wildman–Crippen LogP) is -0.0170. The van der Waals surface area contributed by atoms with Crippen molar-refractivity contribution in [3.05, 3.63) is 0 Å². The molecule has 7 nitrogen and oxygen atoms in total. The van der Waals surface area contributed by atoms with E-state index < -0.39 is 12.0 Å². The minimum absolute atomic E-state index is 0.223. The number of ether oxygens (including phenoxy) is 1. The maximum Gasteiger partial charge on any atom is 0.326 e. The van der Waals surface area contributed by atoms with E-state index in [-0.39, 0.29) is 18.2 Å². The van der Waals surface area contributed by atoms with Crippen LogP contribution in [0.5, 0.6) is 0 Å². The monoisotopic (exact) mass is 286 g/mol. The Morgan fingerprint density at radius 2 is 2.00 bits per heavy atom. The van der Waals surface area contributed by atoms with Crippen LogP contribution in [0.15, 0.2) is 0 Å². The molecule has 2 rings (SSSR count). The molecule has 2 N–H and O–H groups in total. The lowest BCUT2D eigenvalue weighted by molar-refractivity contribution is -0.141. The molecular weight excluding hydrogens is 264 g/mol. The van der Waals surface area contributed by atoms with E-state index >= 15 is 0 Å². The van der Waals surface area contributed by atoms with E-state index in [9.17, 15) is 19.8 Å². The first-order valence-corrected chi connectivity index (χ1v) is 6.87. The van der Waals surface area contributed by atoms with Crippen molar-refractivity contribution in [2.45, 2.75) is 37.5 Å². The van der Waals surface area contributed by atoms with Crippen molar-refractivity contribution in [3.8, 4) is 0 Å². The Bertz CT molecular complexity index is 383. The molecule has 114 valence electrons. The Morgan fingerprint density at radius 1 is 1.35 bits per heavy atom. The molecule has 2 unspecified atom stereocenters. The summed E-state index contributed by atoms with van der Waals surface area (Å²) in [6.45, 7) is 0.861. The Balaban J connectivity index is 1.93. The van der Waals surface area contributed by atoms with Gasteiger partial charge in [0.1, 0.15) is 6.04 Å². The van der Waals surface area contributed by atoms with Gasteiger partial charge in [0, 0.05) is 33.7 Å². The molecule has 2 fully saturated rings. The molecule has 0 bridgehead atoms. The molecule has 1 aliphatic carbocycles. The molecule has 0 aromatic rings. The van der Waals surface area contributed by atoms with Gasteiger partial charge >= 0.3 is 12.0 Å². The van der Waals surface area contributed by atoms with Crippen LogP contribution < -0.4 is 0 Å². The number of aliphatic hydroxyl groups is 1. The summed E-state index contributed by atoms with van der Waals surface area (Å²) in [4.78, 5) is 26.5. The minimum Gasteiger partial charge on any atom is -0.480 e. The van der Waals surface area contributed by atoms with Gasteiger partial charge in [-0.1, -0.05) is 0 Å². The Morgan fingerprint density at radius 3 is 2.50 bits per heavy atom. The third-order valence-corrected chi connectivity index (χ3v) is 4.20. The Kier molecular flexibility index (Phi) is 4.49.